The second-order valence-corrected chi connectivity index (χ2v) is 7.54. The van der Waals surface area contributed by atoms with E-state index in [2.05, 4.69) is 47.1 Å². The number of fused-ring (bicyclic) bond motifs is 1. The molecule has 4 aromatic rings. The maximum absolute atomic E-state index is 12.5. The molecule has 0 unspecified atom stereocenters. The Morgan fingerprint density at radius 3 is 2.37 bits per heavy atom. The van der Waals surface area contributed by atoms with Crippen LogP contribution in [0.15, 0.2) is 78.9 Å². The maximum atomic E-state index is 12.5. The lowest BCUT2D eigenvalue weighted by Gasteiger charge is -2.10. The number of unbranched alkanes of at least 4 members (excludes halogenated alkanes) is 1. The smallest absolute Gasteiger partial charge is 0.224 e. The number of nitrogens with one attached hydrogen (secondary N) is 1. The molecule has 30 heavy (non-hydrogen) atoms. The molecule has 1 N–H and O–H groups in total. The third-order valence-corrected chi connectivity index (χ3v) is 5.34. The largest absolute Gasteiger partial charge is 0.349 e. The van der Waals surface area contributed by atoms with Crippen molar-refractivity contribution in [3.63, 3.8) is 0 Å². The summed E-state index contributed by atoms with van der Waals surface area (Å²) in [4.78, 5) is 17.3. The molecule has 4 rings (SSSR count). The maximum Gasteiger partial charge on any atom is 0.224 e. The van der Waals surface area contributed by atoms with Gasteiger partial charge in [0.1, 0.15) is 5.82 Å². The van der Waals surface area contributed by atoms with E-state index >= 15 is 0 Å². The Morgan fingerprint density at radius 1 is 0.900 bits per heavy atom. The number of aromatic nitrogens is 2. The van der Waals surface area contributed by atoms with Gasteiger partial charge in [-0.05, 0) is 35.2 Å². The first-order valence-corrected chi connectivity index (χ1v) is 10.6. The third-order valence-electron chi connectivity index (χ3n) is 5.34. The zero-order valence-electron chi connectivity index (χ0n) is 17.3. The van der Waals surface area contributed by atoms with E-state index in [-0.39, 0.29) is 5.91 Å². The summed E-state index contributed by atoms with van der Waals surface area (Å²) in [5.41, 5.74) is 5.46. The fraction of sp³-hybridized carbons (Fsp3) is 0.231. The minimum atomic E-state index is 0.0107. The summed E-state index contributed by atoms with van der Waals surface area (Å²) >= 11 is 0. The van der Waals surface area contributed by atoms with Gasteiger partial charge in [-0.1, -0.05) is 80.1 Å². The average molecular weight is 398 g/mol. The van der Waals surface area contributed by atoms with Gasteiger partial charge in [0.25, 0.3) is 0 Å². The van der Waals surface area contributed by atoms with Crippen LogP contribution in [0.2, 0.25) is 0 Å². The van der Waals surface area contributed by atoms with Crippen molar-refractivity contribution in [3.8, 4) is 11.1 Å². The van der Waals surface area contributed by atoms with Crippen LogP contribution >= 0.6 is 0 Å². The molecule has 0 aliphatic rings. The van der Waals surface area contributed by atoms with Crippen molar-refractivity contribution in [2.24, 2.45) is 0 Å². The summed E-state index contributed by atoms with van der Waals surface area (Å²) in [6.45, 7) is 3.55. The standard InChI is InChI=1S/C26H27N3O/c1-2-3-17-29-24-12-8-7-11-23(24)28-25(29)19-27-26(30)18-20-13-15-22(16-14-20)21-9-5-4-6-10-21/h4-16H,2-3,17-19H2,1H3,(H,27,30). The molecule has 0 saturated heterocycles. The molecule has 0 aliphatic heterocycles. The second kappa shape index (κ2) is 9.40. The van der Waals surface area contributed by atoms with Crippen molar-refractivity contribution in [2.75, 3.05) is 0 Å². The van der Waals surface area contributed by atoms with Crippen LogP contribution in [0, 0.1) is 0 Å². The number of amides is 1. The molecule has 3 aromatic carbocycles. The van der Waals surface area contributed by atoms with E-state index in [1.165, 1.54) is 5.56 Å². The van der Waals surface area contributed by atoms with E-state index in [9.17, 15) is 4.79 Å². The zero-order chi connectivity index (χ0) is 20.8. The Morgan fingerprint density at radius 2 is 1.60 bits per heavy atom. The van der Waals surface area contributed by atoms with E-state index in [1.807, 2.05) is 48.5 Å². The Balaban J connectivity index is 1.40. The van der Waals surface area contributed by atoms with E-state index < -0.39 is 0 Å². The van der Waals surface area contributed by atoms with Crippen LogP contribution in [0.5, 0.6) is 0 Å². The molecule has 1 amide bonds. The van der Waals surface area contributed by atoms with Gasteiger partial charge >= 0.3 is 0 Å². The van der Waals surface area contributed by atoms with Crippen LogP contribution < -0.4 is 5.32 Å². The van der Waals surface area contributed by atoms with E-state index in [0.717, 1.165) is 47.4 Å². The van der Waals surface area contributed by atoms with E-state index in [0.29, 0.717) is 13.0 Å². The fourth-order valence-corrected chi connectivity index (χ4v) is 3.70. The SMILES string of the molecule is CCCCn1c(CNC(=O)Cc2ccc(-c3ccccc3)cc2)nc2ccccc21. The molecule has 1 heterocycles. The zero-order valence-corrected chi connectivity index (χ0v) is 17.3. The Kier molecular flexibility index (Phi) is 6.23. The lowest BCUT2D eigenvalue weighted by Crippen LogP contribution is -2.26. The van der Waals surface area contributed by atoms with Gasteiger partial charge in [0.2, 0.25) is 5.91 Å². The Bertz CT molecular complexity index is 1110. The molecule has 1 aromatic heterocycles. The van der Waals surface area contributed by atoms with Crippen LogP contribution in [-0.4, -0.2) is 15.5 Å². The topological polar surface area (TPSA) is 46.9 Å². The van der Waals surface area contributed by atoms with Crippen molar-refractivity contribution < 1.29 is 4.79 Å². The third kappa shape index (κ3) is 4.60. The fourth-order valence-electron chi connectivity index (χ4n) is 3.70. The van der Waals surface area contributed by atoms with Crippen LogP contribution in [0.3, 0.4) is 0 Å². The summed E-state index contributed by atoms with van der Waals surface area (Å²) in [6.07, 6.45) is 2.58. The first kappa shape index (κ1) is 19.9. The van der Waals surface area contributed by atoms with Crippen LogP contribution in [-0.2, 0) is 24.3 Å². The highest BCUT2D eigenvalue weighted by atomic mass is 16.1. The van der Waals surface area contributed by atoms with Gasteiger partial charge in [-0.15, -0.1) is 0 Å². The number of hydrogen-bond acceptors (Lipinski definition) is 2. The van der Waals surface area contributed by atoms with Crippen molar-refractivity contribution >= 4 is 16.9 Å². The predicted octanol–water partition coefficient (Wildman–Crippen LogP) is 5.36. The summed E-state index contributed by atoms with van der Waals surface area (Å²) in [7, 11) is 0. The number of carbonyl (C=O) groups is 1. The molecule has 0 aliphatic carbocycles. The molecule has 0 fully saturated rings. The van der Waals surface area contributed by atoms with Gasteiger partial charge in [0.15, 0.2) is 0 Å². The van der Waals surface area contributed by atoms with Gasteiger partial charge < -0.3 is 9.88 Å². The van der Waals surface area contributed by atoms with Gasteiger partial charge in [-0.25, -0.2) is 4.98 Å². The molecular formula is C26H27N3O. The highest BCUT2D eigenvalue weighted by Crippen LogP contribution is 2.20. The minimum absolute atomic E-state index is 0.0107. The number of imidazole rings is 1. The van der Waals surface area contributed by atoms with Crippen molar-refractivity contribution in [3.05, 3.63) is 90.3 Å². The number of benzene rings is 3. The van der Waals surface area contributed by atoms with E-state index in [4.69, 9.17) is 4.98 Å². The normalized spacial score (nSPS) is 11.0. The molecule has 0 bridgehead atoms. The predicted molar refractivity (Wildman–Crippen MR) is 122 cm³/mol. The molecule has 0 saturated carbocycles. The van der Waals surface area contributed by atoms with Gasteiger partial charge in [0.05, 0.1) is 24.0 Å². The minimum Gasteiger partial charge on any atom is -0.349 e. The number of carbonyl (C=O) groups excluding carboxylic acids is 1. The molecule has 0 atom stereocenters. The van der Waals surface area contributed by atoms with Crippen molar-refractivity contribution in [2.45, 2.75) is 39.3 Å². The number of para-hydroxylation sites is 2. The van der Waals surface area contributed by atoms with Gasteiger partial charge in [0, 0.05) is 6.54 Å². The summed E-state index contributed by atoms with van der Waals surface area (Å²) in [5.74, 6) is 0.925. The number of rotatable bonds is 8. The van der Waals surface area contributed by atoms with E-state index in [1.54, 1.807) is 0 Å². The molecular weight excluding hydrogens is 370 g/mol. The van der Waals surface area contributed by atoms with Gasteiger partial charge in [-0.2, -0.15) is 0 Å². The monoisotopic (exact) mass is 397 g/mol. The lowest BCUT2D eigenvalue weighted by atomic mass is 10.0. The molecule has 4 heteroatoms. The van der Waals surface area contributed by atoms with Gasteiger partial charge in [-0.3, -0.25) is 4.79 Å². The second-order valence-electron chi connectivity index (χ2n) is 7.54. The molecule has 0 spiro atoms. The van der Waals surface area contributed by atoms with Crippen LogP contribution in [0.1, 0.15) is 31.2 Å². The first-order valence-electron chi connectivity index (χ1n) is 10.6. The summed E-state index contributed by atoms with van der Waals surface area (Å²) in [6, 6.07) is 26.6. The summed E-state index contributed by atoms with van der Waals surface area (Å²) in [5, 5.41) is 3.05. The van der Waals surface area contributed by atoms with Crippen LogP contribution in [0.4, 0.5) is 0 Å². The average Bonchev–Trinajstić information content (AvgIpc) is 3.15. The quantitative estimate of drug-likeness (QED) is 0.435. The first-order chi connectivity index (χ1) is 14.7. The Hall–Kier alpha value is -3.40. The molecule has 0 radical (unpaired) electrons. The summed E-state index contributed by atoms with van der Waals surface area (Å²) < 4.78 is 2.23. The molecule has 4 nitrogen and oxygen atoms in total. The Labute approximate surface area is 177 Å². The number of hydrogen-bond donors (Lipinski definition) is 1. The van der Waals surface area contributed by atoms with Crippen molar-refractivity contribution in [1.29, 1.82) is 0 Å². The highest BCUT2D eigenvalue weighted by molar-refractivity contribution is 5.79. The lowest BCUT2D eigenvalue weighted by molar-refractivity contribution is -0.120. The van der Waals surface area contributed by atoms with Crippen molar-refractivity contribution in [1.82, 2.24) is 14.9 Å². The highest BCUT2D eigenvalue weighted by Gasteiger charge is 2.11. The number of aryl methyl sites for hydroxylation is 1. The number of nitrogens with zero attached hydrogens (tertiary/aromatic N) is 2. The molecule has 152 valence electrons. The van der Waals surface area contributed by atoms with Crippen LogP contribution in [0.25, 0.3) is 22.2 Å².